The van der Waals surface area contributed by atoms with Crippen molar-refractivity contribution >= 4 is 0 Å². The zero-order valence-electron chi connectivity index (χ0n) is 7.01. The third-order valence-corrected chi connectivity index (χ3v) is 2.62. The molecule has 0 bridgehead atoms. The highest BCUT2D eigenvalue weighted by molar-refractivity contribution is 5.25. The van der Waals surface area contributed by atoms with Crippen LogP contribution < -0.4 is 0 Å². The second-order valence-electron chi connectivity index (χ2n) is 3.47. The van der Waals surface area contributed by atoms with Crippen molar-refractivity contribution in [1.29, 1.82) is 0 Å². The number of aliphatic hydroxyl groups is 1. The summed E-state index contributed by atoms with van der Waals surface area (Å²) in [5, 5.41) is 10.1. The first-order valence-corrected chi connectivity index (χ1v) is 4.38. The van der Waals surface area contributed by atoms with Crippen LogP contribution in [0.15, 0.2) is 30.3 Å². The number of hydrogen-bond donors (Lipinski definition) is 1. The quantitative estimate of drug-likeness (QED) is 0.641. The van der Waals surface area contributed by atoms with E-state index in [1.807, 2.05) is 30.3 Å². The van der Waals surface area contributed by atoms with Crippen molar-refractivity contribution in [2.75, 3.05) is 6.61 Å². The summed E-state index contributed by atoms with van der Waals surface area (Å²) in [6, 6.07) is 9.37. The fraction of sp³-hybridized carbons (Fsp3) is 0.400. The first-order valence-electron chi connectivity index (χ1n) is 4.38. The van der Waals surface area contributed by atoms with Gasteiger partial charge in [0.15, 0.2) is 0 Å². The lowest BCUT2D eigenvalue weighted by atomic mass is 10.0. The molecule has 0 amide bonds. The summed E-state index contributed by atoms with van der Waals surface area (Å²) in [7, 11) is 0. The number of rotatable bonds is 1. The van der Waals surface area contributed by atoms with Crippen LogP contribution >= 0.6 is 0 Å². The normalized spacial score (nSPS) is 41.6. The highest BCUT2D eigenvalue weighted by Gasteiger charge is 2.62. The molecule has 0 unspecified atom stereocenters. The molecule has 0 radical (unpaired) electrons. The van der Waals surface area contributed by atoms with E-state index in [4.69, 9.17) is 9.47 Å². The van der Waals surface area contributed by atoms with Gasteiger partial charge in [0.25, 0.3) is 0 Å². The molecule has 68 valence electrons. The largest absolute Gasteiger partial charge is 0.361 e. The summed E-state index contributed by atoms with van der Waals surface area (Å²) in [4.78, 5) is 0. The molecule has 0 spiro atoms. The van der Waals surface area contributed by atoms with Gasteiger partial charge in [-0.05, 0) is 0 Å². The number of ether oxygens (including phenoxy) is 2. The van der Waals surface area contributed by atoms with Gasteiger partial charge in [-0.15, -0.1) is 0 Å². The van der Waals surface area contributed by atoms with Gasteiger partial charge in [-0.25, -0.2) is 0 Å². The third-order valence-electron chi connectivity index (χ3n) is 2.62. The molecule has 1 aromatic rings. The fourth-order valence-electron chi connectivity index (χ4n) is 1.83. The van der Waals surface area contributed by atoms with E-state index in [-0.39, 0.29) is 12.2 Å². The van der Waals surface area contributed by atoms with Gasteiger partial charge in [0.05, 0.1) is 6.61 Å². The molecule has 0 saturated carbocycles. The average Bonchev–Trinajstić information content (AvgIpc) is 2.90. The van der Waals surface area contributed by atoms with Gasteiger partial charge in [0.1, 0.15) is 12.2 Å². The van der Waals surface area contributed by atoms with E-state index < -0.39 is 5.79 Å². The van der Waals surface area contributed by atoms with Crippen LogP contribution in [-0.4, -0.2) is 23.9 Å². The van der Waals surface area contributed by atoms with Gasteiger partial charge in [-0.1, -0.05) is 30.3 Å². The van der Waals surface area contributed by atoms with Crippen molar-refractivity contribution < 1.29 is 14.6 Å². The highest BCUT2D eigenvalue weighted by atomic mass is 16.7. The van der Waals surface area contributed by atoms with Gasteiger partial charge in [0, 0.05) is 5.56 Å². The Kier molecular flexibility index (Phi) is 1.34. The molecule has 2 saturated heterocycles. The number of epoxide rings is 1. The Morgan fingerprint density at radius 1 is 1.31 bits per heavy atom. The number of hydrogen-bond acceptors (Lipinski definition) is 3. The minimum absolute atomic E-state index is 0.102. The van der Waals surface area contributed by atoms with Crippen LogP contribution in [0.5, 0.6) is 0 Å². The van der Waals surface area contributed by atoms with Crippen LogP contribution in [0.4, 0.5) is 0 Å². The van der Waals surface area contributed by atoms with Crippen LogP contribution in [-0.2, 0) is 15.3 Å². The van der Waals surface area contributed by atoms with Gasteiger partial charge in [-0.2, -0.15) is 0 Å². The molecule has 0 aliphatic carbocycles. The molecule has 2 aliphatic rings. The van der Waals surface area contributed by atoms with E-state index in [2.05, 4.69) is 0 Å². The second kappa shape index (κ2) is 2.32. The van der Waals surface area contributed by atoms with E-state index in [0.717, 1.165) is 5.56 Å². The maximum atomic E-state index is 10.1. The van der Waals surface area contributed by atoms with E-state index in [1.165, 1.54) is 0 Å². The predicted octanol–water partition coefficient (Wildman–Crippen LogP) is 0.629. The van der Waals surface area contributed by atoms with Crippen LogP contribution in [0, 0.1) is 0 Å². The standard InChI is InChI=1S/C10H10O3/c11-10(7-4-2-1-3-5-7)9-8(13-9)6-12-10/h1-5,8-9,11H,6H2/t8-,9-,10-/m0/s1. The molecule has 2 aliphatic heterocycles. The van der Waals surface area contributed by atoms with Crippen LogP contribution in [0.3, 0.4) is 0 Å². The Morgan fingerprint density at radius 3 is 2.62 bits per heavy atom. The van der Waals surface area contributed by atoms with Crippen molar-refractivity contribution in [3.05, 3.63) is 35.9 Å². The molecule has 2 fully saturated rings. The predicted molar refractivity (Wildman–Crippen MR) is 45.0 cm³/mol. The number of fused-ring (bicyclic) bond motifs is 1. The SMILES string of the molecule is O[C@@]1(c2ccccc2)OC[C@@H]2O[C@@H]21. The number of benzene rings is 1. The topological polar surface area (TPSA) is 42.0 Å². The summed E-state index contributed by atoms with van der Waals surface area (Å²) >= 11 is 0. The van der Waals surface area contributed by atoms with E-state index in [1.54, 1.807) is 0 Å². The van der Waals surface area contributed by atoms with Gasteiger partial charge in [-0.3, -0.25) is 0 Å². The van der Waals surface area contributed by atoms with Crippen molar-refractivity contribution in [3.8, 4) is 0 Å². The molecular formula is C10H10O3. The zero-order chi connectivity index (χ0) is 8.89. The third kappa shape index (κ3) is 0.950. The van der Waals surface area contributed by atoms with Gasteiger partial charge in [0.2, 0.25) is 5.79 Å². The molecule has 3 heteroatoms. The molecule has 2 heterocycles. The summed E-state index contributed by atoms with van der Waals surface area (Å²) < 4.78 is 10.6. The van der Waals surface area contributed by atoms with Gasteiger partial charge < -0.3 is 14.6 Å². The van der Waals surface area contributed by atoms with Crippen molar-refractivity contribution in [1.82, 2.24) is 0 Å². The Labute approximate surface area is 75.9 Å². The van der Waals surface area contributed by atoms with E-state index in [0.29, 0.717) is 6.61 Å². The molecule has 13 heavy (non-hydrogen) atoms. The molecule has 3 atom stereocenters. The minimum Gasteiger partial charge on any atom is -0.361 e. The maximum Gasteiger partial charge on any atom is 0.222 e. The first kappa shape index (κ1) is 7.50. The highest BCUT2D eigenvalue weighted by Crippen LogP contribution is 2.46. The lowest BCUT2D eigenvalue weighted by molar-refractivity contribution is -0.215. The Balaban J connectivity index is 2.00. The van der Waals surface area contributed by atoms with Crippen LogP contribution in [0.1, 0.15) is 5.56 Å². The second-order valence-corrected chi connectivity index (χ2v) is 3.47. The summed E-state index contributed by atoms with van der Waals surface area (Å²) in [6.45, 7) is 0.496. The van der Waals surface area contributed by atoms with Crippen LogP contribution in [0.2, 0.25) is 0 Å². The van der Waals surface area contributed by atoms with Crippen molar-refractivity contribution in [3.63, 3.8) is 0 Å². The zero-order valence-corrected chi connectivity index (χ0v) is 7.01. The Hall–Kier alpha value is -0.900. The lowest BCUT2D eigenvalue weighted by Crippen LogP contribution is -2.31. The molecular weight excluding hydrogens is 168 g/mol. The lowest BCUT2D eigenvalue weighted by Gasteiger charge is -2.23. The smallest absolute Gasteiger partial charge is 0.222 e. The summed E-state index contributed by atoms with van der Waals surface area (Å²) in [5.41, 5.74) is 0.778. The first-order chi connectivity index (χ1) is 6.31. The molecule has 3 rings (SSSR count). The average molecular weight is 178 g/mol. The monoisotopic (exact) mass is 178 g/mol. The Bertz CT molecular complexity index is 324. The van der Waals surface area contributed by atoms with E-state index >= 15 is 0 Å². The summed E-state index contributed by atoms with van der Waals surface area (Å²) in [6.07, 6.45) is -0.0555. The van der Waals surface area contributed by atoms with Gasteiger partial charge >= 0.3 is 0 Å². The fourth-order valence-corrected chi connectivity index (χ4v) is 1.83. The summed E-state index contributed by atoms with van der Waals surface area (Å²) in [5.74, 6) is -1.20. The minimum atomic E-state index is -1.20. The molecule has 3 nitrogen and oxygen atoms in total. The van der Waals surface area contributed by atoms with Crippen molar-refractivity contribution in [2.45, 2.75) is 18.0 Å². The molecule has 1 aromatic carbocycles. The molecule has 0 aromatic heterocycles. The Morgan fingerprint density at radius 2 is 2.08 bits per heavy atom. The molecule has 1 N–H and O–H groups in total. The van der Waals surface area contributed by atoms with E-state index in [9.17, 15) is 5.11 Å². The maximum absolute atomic E-state index is 10.1. The van der Waals surface area contributed by atoms with Crippen LogP contribution in [0.25, 0.3) is 0 Å². The van der Waals surface area contributed by atoms with Crippen molar-refractivity contribution in [2.24, 2.45) is 0 Å².